The summed E-state index contributed by atoms with van der Waals surface area (Å²) in [6.45, 7) is -0.582. The molecule has 2 aromatic carbocycles. The summed E-state index contributed by atoms with van der Waals surface area (Å²) in [5.41, 5.74) is 1.41. The first kappa shape index (κ1) is 18.0. The molecule has 2 amide bonds. The summed E-state index contributed by atoms with van der Waals surface area (Å²) in [6, 6.07) is 16.5. The van der Waals surface area contributed by atoms with Gasteiger partial charge in [0, 0.05) is 17.6 Å². The SMILES string of the molecule is CN(C(=O)COC(=O)CN1C(=O)CSc2ccccc21)c1ccccc1. The van der Waals surface area contributed by atoms with E-state index in [-0.39, 0.29) is 30.7 Å². The lowest BCUT2D eigenvalue weighted by molar-refractivity contribution is -0.146. The molecular formula is C19H18N2O4S. The van der Waals surface area contributed by atoms with Gasteiger partial charge in [0.15, 0.2) is 6.61 Å². The quantitative estimate of drug-likeness (QED) is 0.756. The smallest absolute Gasteiger partial charge is 0.326 e. The molecule has 0 unspecified atom stereocenters. The van der Waals surface area contributed by atoms with Gasteiger partial charge in [-0.3, -0.25) is 19.3 Å². The summed E-state index contributed by atoms with van der Waals surface area (Å²) in [4.78, 5) is 40.2. The number of carbonyl (C=O) groups excluding carboxylic acids is 3. The minimum atomic E-state index is -0.616. The van der Waals surface area contributed by atoms with Crippen LogP contribution in [0.25, 0.3) is 0 Å². The van der Waals surface area contributed by atoms with Crippen molar-refractivity contribution in [3.8, 4) is 0 Å². The zero-order valence-electron chi connectivity index (χ0n) is 14.3. The van der Waals surface area contributed by atoms with E-state index in [1.807, 2.05) is 36.4 Å². The largest absolute Gasteiger partial charge is 0.454 e. The fourth-order valence-electron chi connectivity index (χ4n) is 2.54. The molecule has 0 saturated heterocycles. The van der Waals surface area contributed by atoms with Gasteiger partial charge in [-0.05, 0) is 24.3 Å². The monoisotopic (exact) mass is 370 g/mol. The molecule has 0 fully saturated rings. The summed E-state index contributed by atoms with van der Waals surface area (Å²) in [6.07, 6.45) is 0. The van der Waals surface area contributed by atoms with Crippen molar-refractivity contribution in [1.82, 2.24) is 0 Å². The molecule has 1 aliphatic rings. The van der Waals surface area contributed by atoms with Gasteiger partial charge in [-0.25, -0.2) is 0 Å². The molecule has 7 heteroatoms. The first-order valence-electron chi connectivity index (χ1n) is 8.05. The van der Waals surface area contributed by atoms with Crippen molar-refractivity contribution in [2.45, 2.75) is 4.90 Å². The third-order valence-electron chi connectivity index (χ3n) is 3.97. The fourth-order valence-corrected chi connectivity index (χ4v) is 3.47. The van der Waals surface area contributed by atoms with Gasteiger partial charge in [-0.15, -0.1) is 11.8 Å². The zero-order valence-corrected chi connectivity index (χ0v) is 15.1. The maximum absolute atomic E-state index is 12.2. The number of hydrogen-bond donors (Lipinski definition) is 0. The Kier molecular flexibility index (Phi) is 5.58. The number of amides is 2. The number of anilines is 2. The third kappa shape index (κ3) is 4.05. The standard InChI is InChI=1S/C19H18N2O4S/c1-20(14-7-3-2-4-8-14)17(22)12-25-19(24)11-21-15-9-5-6-10-16(15)26-13-18(21)23/h2-10H,11-13H2,1H3. The Balaban J connectivity index is 1.58. The van der Waals surface area contributed by atoms with Crippen LogP contribution in [0.5, 0.6) is 0 Å². The summed E-state index contributed by atoms with van der Waals surface area (Å²) >= 11 is 1.44. The summed E-state index contributed by atoms with van der Waals surface area (Å²) < 4.78 is 5.08. The van der Waals surface area contributed by atoms with Crippen molar-refractivity contribution in [3.05, 3.63) is 54.6 Å². The van der Waals surface area contributed by atoms with Gasteiger partial charge in [0.1, 0.15) is 6.54 Å². The second-order valence-electron chi connectivity index (χ2n) is 5.69. The van der Waals surface area contributed by atoms with Gasteiger partial charge in [0.25, 0.3) is 5.91 Å². The van der Waals surface area contributed by atoms with Crippen LogP contribution in [0.1, 0.15) is 0 Å². The molecule has 1 heterocycles. The molecule has 0 radical (unpaired) electrons. The van der Waals surface area contributed by atoms with E-state index in [2.05, 4.69) is 0 Å². The minimum absolute atomic E-state index is 0.154. The summed E-state index contributed by atoms with van der Waals surface area (Å²) in [5.74, 6) is -0.835. The Morgan fingerprint density at radius 1 is 1.12 bits per heavy atom. The lowest BCUT2D eigenvalue weighted by atomic mass is 10.2. The second-order valence-corrected chi connectivity index (χ2v) is 6.70. The number of rotatable bonds is 5. The predicted octanol–water partition coefficient (Wildman–Crippen LogP) is 2.33. The first-order valence-corrected chi connectivity index (χ1v) is 9.04. The van der Waals surface area contributed by atoms with Crippen LogP contribution in [0.3, 0.4) is 0 Å². The number of ether oxygens (including phenoxy) is 1. The highest BCUT2D eigenvalue weighted by Crippen LogP contribution is 2.34. The topological polar surface area (TPSA) is 66.9 Å². The molecule has 0 spiro atoms. The Labute approximate surface area is 155 Å². The molecule has 0 aromatic heterocycles. The number of fused-ring (bicyclic) bond motifs is 1. The molecule has 3 rings (SSSR count). The number of nitrogens with zero attached hydrogens (tertiary/aromatic N) is 2. The zero-order chi connectivity index (χ0) is 18.5. The van der Waals surface area contributed by atoms with Crippen molar-refractivity contribution < 1.29 is 19.1 Å². The number of carbonyl (C=O) groups is 3. The van der Waals surface area contributed by atoms with E-state index >= 15 is 0 Å². The van der Waals surface area contributed by atoms with Crippen molar-refractivity contribution in [2.24, 2.45) is 0 Å². The van der Waals surface area contributed by atoms with Gasteiger partial charge >= 0.3 is 5.97 Å². The number of esters is 1. The molecule has 2 aromatic rings. The van der Waals surface area contributed by atoms with Crippen LogP contribution in [0, 0.1) is 0 Å². The van der Waals surface area contributed by atoms with Gasteiger partial charge in [-0.1, -0.05) is 30.3 Å². The van der Waals surface area contributed by atoms with Gasteiger partial charge in [0.2, 0.25) is 5.91 Å². The van der Waals surface area contributed by atoms with Crippen LogP contribution in [0.2, 0.25) is 0 Å². The molecule has 0 N–H and O–H groups in total. The van der Waals surface area contributed by atoms with E-state index in [0.717, 1.165) is 4.90 Å². The average molecular weight is 370 g/mol. The van der Waals surface area contributed by atoms with Gasteiger partial charge < -0.3 is 9.64 Å². The maximum atomic E-state index is 12.2. The number of benzene rings is 2. The number of likely N-dealkylation sites (N-methyl/N-ethyl adjacent to an activating group) is 1. The second kappa shape index (κ2) is 8.05. The van der Waals surface area contributed by atoms with Crippen LogP contribution in [-0.4, -0.2) is 43.7 Å². The molecule has 0 aliphatic carbocycles. The highest BCUT2D eigenvalue weighted by Gasteiger charge is 2.27. The van der Waals surface area contributed by atoms with Crippen LogP contribution in [0.4, 0.5) is 11.4 Å². The molecule has 0 atom stereocenters. The van der Waals surface area contributed by atoms with Crippen LogP contribution in [0.15, 0.2) is 59.5 Å². The highest BCUT2D eigenvalue weighted by atomic mass is 32.2. The van der Waals surface area contributed by atoms with E-state index in [1.165, 1.54) is 21.6 Å². The van der Waals surface area contributed by atoms with E-state index in [9.17, 15) is 14.4 Å². The summed E-state index contributed by atoms with van der Waals surface area (Å²) in [5, 5.41) is 0. The van der Waals surface area contributed by atoms with E-state index in [4.69, 9.17) is 4.74 Å². The number of para-hydroxylation sites is 2. The molecule has 0 saturated carbocycles. The van der Waals surface area contributed by atoms with Crippen molar-refractivity contribution in [1.29, 1.82) is 0 Å². The normalized spacial score (nSPS) is 13.1. The van der Waals surface area contributed by atoms with E-state index < -0.39 is 5.97 Å². The Morgan fingerprint density at radius 3 is 2.58 bits per heavy atom. The van der Waals surface area contributed by atoms with Crippen molar-refractivity contribution in [2.75, 3.05) is 35.8 Å². The molecule has 26 heavy (non-hydrogen) atoms. The molecular weight excluding hydrogens is 352 g/mol. The Hall–Kier alpha value is -2.80. The third-order valence-corrected chi connectivity index (χ3v) is 5.02. The maximum Gasteiger partial charge on any atom is 0.326 e. The van der Waals surface area contributed by atoms with Gasteiger partial charge in [-0.2, -0.15) is 0 Å². The summed E-state index contributed by atoms with van der Waals surface area (Å²) in [7, 11) is 1.62. The van der Waals surface area contributed by atoms with Gasteiger partial charge in [0.05, 0.1) is 11.4 Å². The average Bonchev–Trinajstić information content (AvgIpc) is 2.68. The lowest BCUT2D eigenvalue weighted by Gasteiger charge is -2.28. The molecule has 0 bridgehead atoms. The Bertz CT molecular complexity index is 825. The highest BCUT2D eigenvalue weighted by molar-refractivity contribution is 8.00. The Morgan fingerprint density at radius 2 is 1.81 bits per heavy atom. The van der Waals surface area contributed by atoms with Crippen LogP contribution < -0.4 is 9.80 Å². The molecule has 134 valence electrons. The fraction of sp³-hybridized carbons (Fsp3) is 0.211. The molecule has 6 nitrogen and oxygen atoms in total. The van der Waals surface area contributed by atoms with Crippen molar-refractivity contribution >= 4 is 40.9 Å². The first-order chi connectivity index (χ1) is 12.6. The van der Waals surface area contributed by atoms with Crippen LogP contribution in [-0.2, 0) is 19.1 Å². The van der Waals surface area contributed by atoms with E-state index in [1.54, 1.807) is 25.2 Å². The minimum Gasteiger partial charge on any atom is -0.454 e. The van der Waals surface area contributed by atoms with Crippen LogP contribution >= 0.6 is 11.8 Å². The van der Waals surface area contributed by atoms with Crippen molar-refractivity contribution in [3.63, 3.8) is 0 Å². The molecule has 1 aliphatic heterocycles. The number of thioether (sulfide) groups is 1. The van der Waals surface area contributed by atoms with E-state index in [0.29, 0.717) is 11.4 Å². The lowest BCUT2D eigenvalue weighted by Crippen LogP contribution is -2.40. The predicted molar refractivity (Wildman–Crippen MR) is 100 cm³/mol. The number of hydrogen-bond acceptors (Lipinski definition) is 5.